The lowest BCUT2D eigenvalue weighted by molar-refractivity contribution is 0.102. The first-order valence-electron chi connectivity index (χ1n) is 8.29. The van der Waals surface area contributed by atoms with Crippen LogP contribution in [0, 0.1) is 6.92 Å². The summed E-state index contributed by atoms with van der Waals surface area (Å²) in [6.45, 7) is 3.59. The Morgan fingerprint density at radius 1 is 1.14 bits per heavy atom. The van der Waals surface area contributed by atoms with Crippen molar-refractivity contribution in [2.24, 2.45) is 0 Å². The fraction of sp³-hybridized carbons (Fsp3) is 0.158. The molecule has 28 heavy (non-hydrogen) atoms. The first-order valence-corrected chi connectivity index (χ1v) is 10.7. The third kappa shape index (κ3) is 4.06. The Morgan fingerprint density at radius 2 is 1.93 bits per heavy atom. The Bertz CT molecular complexity index is 1130. The van der Waals surface area contributed by atoms with E-state index in [9.17, 15) is 4.79 Å². The Hall–Kier alpha value is -2.36. The van der Waals surface area contributed by atoms with Gasteiger partial charge in [-0.15, -0.1) is 32.9 Å². The van der Waals surface area contributed by atoms with Crippen LogP contribution in [0.25, 0.3) is 21.3 Å². The highest BCUT2D eigenvalue weighted by Gasteiger charge is 2.14. The molecule has 0 radical (unpaired) electrons. The Morgan fingerprint density at radius 3 is 2.57 bits per heavy atom. The second-order valence-electron chi connectivity index (χ2n) is 5.91. The summed E-state index contributed by atoms with van der Waals surface area (Å²) in [4.78, 5) is 17.7. The molecule has 0 saturated carbocycles. The van der Waals surface area contributed by atoms with Crippen LogP contribution in [0.15, 0.2) is 44.6 Å². The summed E-state index contributed by atoms with van der Waals surface area (Å²) in [6, 6.07) is 11.4. The minimum Gasteiger partial charge on any atom is -0.484 e. The maximum atomic E-state index is 11.6. The Labute approximate surface area is 177 Å². The molecule has 0 fully saturated rings. The number of halogens is 1. The van der Waals surface area contributed by atoms with Gasteiger partial charge in [0.15, 0.2) is 12.4 Å². The van der Waals surface area contributed by atoms with Crippen LogP contribution in [0.4, 0.5) is 0 Å². The molecule has 0 atom stereocenters. The fourth-order valence-corrected chi connectivity index (χ4v) is 4.80. The van der Waals surface area contributed by atoms with E-state index in [1.165, 1.54) is 22.7 Å². The van der Waals surface area contributed by atoms with Crippen molar-refractivity contribution >= 4 is 44.4 Å². The second kappa shape index (κ2) is 7.94. The summed E-state index contributed by atoms with van der Waals surface area (Å²) in [5.74, 6) is 1.60. The maximum absolute atomic E-state index is 11.6. The molecule has 0 unspecified atom stereocenters. The van der Waals surface area contributed by atoms with Gasteiger partial charge in [-0.25, -0.2) is 4.98 Å². The molecule has 0 saturated heterocycles. The van der Waals surface area contributed by atoms with Crippen LogP contribution in [0.2, 0.25) is 0 Å². The molecule has 3 heterocycles. The number of thiophene rings is 1. The van der Waals surface area contributed by atoms with Gasteiger partial charge in [0.05, 0.1) is 19.2 Å². The van der Waals surface area contributed by atoms with Crippen LogP contribution in [-0.4, -0.2) is 21.0 Å². The summed E-state index contributed by atoms with van der Waals surface area (Å²) in [7, 11) is 0. The topological polar surface area (TPSA) is 78.1 Å². The van der Waals surface area contributed by atoms with E-state index >= 15 is 0 Å². The smallest absolute Gasteiger partial charge is 0.257 e. The van der Waals surface area contributed by atoms with Gasteiger partial charge in [0.25, 0.3) is 11.8 Å². The van der Waals surface area contributed by atoms with E-state index in [1.54, 1.807) is 6.92 Å². The third-order valence-corrected chi connectivity index (χ3v) is 6.75. The highest BCUT2D eigenvalue weighted by atomic mass is 79.9. The number of hydrogen-bond donors (Lipinski definition) is 0. The standard InChI is InChI=1S/C19H14BrN3O3S2/c1-10-17(11(2)24)28-19(21-10)12-3-5-13(6-4-12)25-9-16-22-23-18(26-16)14-7-8-15(20)27-14/h3-8H,9H2,1-2H3. The molecule has 9 heteroatoms. The summed E-state index contributed by atoms with van der Waals surface area (Å²) in [6.07, 6.45) is 0. The molecule has 4 aromatic rings. The van der Waals surface area contributed by atoms with Crippen LogP contribution in [-0.2, 0) is 6.61 Å². The monoisotopic (exact) mass is 475 g/mol. The number of thiazole rings is 1. The van der Waals surface area contributed by atoms with Gasteiger partial charge in [0.1, 0.15) is 10.8 Å². The first-order chi connectivity index (χ1) is 13.5. The van der Waals surface area contributed by atoms with E-state index < -0.39 is 0 Å². The molecule has 0 aliphatic rings. The quantitative estimate of drug-likeness (QED) is 0.329. The van der Waals surface area contributed by atoms with Crippen LogP contribution in [0.3, 0.4) is 0 Å². The van der Waals surface area contributed by atoms with Gasteiger partial charge in [-0.2, -0.15) is 0 Å². The summed E-state index contributed by atoms with van der Waals surface area (Å²) in [5.41, 5.74) is 1.70. The second-order valence-corrected chi connectivity index (χ2v) is 9.37. The van der Waals surface area contributed by atoms with E-state index in [1.807, 2.05) is 43.3 Å². The number of carbonyl (C=O) groups excluding carboxylic acids is 1. The molecule has 0 spiro atoms. The Kier molecular flexibility index (Phi) is 5.38. The van der Waals surface area contributed by atoms with Gasteiger partial charge in [-0.05, 0) is 59.3 Å². The summed E-state index contributed by atoms with van der Waals surface area (Å²) < 4.78 is 12.4. The van der Waals surface area contributed by atoms with Gasteiger partial charge in [-0.1, -0.05) is 0 Å². The lowest BCUT2D eigenvalue weighted by Crippen LogP contribution is -1.95. The molecule has 4 rings (SSSR count). The number of nitrogens with zero attached hydrogens (tertiary/aromatic N) is 3. The van der Waals surface area contributed by atoms with E-state index in [2.05, 4.69) is 31.1 Å². The summed E-state index contributed by atoms with van der Waals surface area (Å²) in [5, 5.41) is 8.89. The van der Waals surface area contributed by atoms with Gasteiger partial charge in [0, 0.05) is 12.5 Å². The van der Waals surface area contributed by atoms with E-state index in [4.69, 9.17) is 9.15 Å². The molecular formula is C19H14BrN3O3S2. The SMILES string of the molecule is CC(=O)c1sc(-c2ccc(OCc3nnc(-c4ccc(Br)s4)o3)cc2)nc1C. The predicted octanol–water partition coefficient (Wildman–Crippen LogP) is 5.77. The third-order valence-electron chi connectivity index (χ3n) is 3.83. The van der Waals surface area contributed by atoms with Gasteiger partial charge in [-0.3, -0.25) is 4.79 Å². The summed E-state index contributed by atoms with van der Waals surface area (Å²) >= 11 is 6.34. The van der Waals surface area contributed by atoms with Crippen molar-refractivity contribution in [2.75, 3.05) is 0 Å². The minimum absolute atomic E-state index is 0.0371. The van der Waals surface area contributed by atoms with Crippen molar-refractivity contribution < 1.29 is 13.9 Å². The first kappa shape index (κ1) is 19.0. The number of benzene rings is 1. The van der Waals surface area contributed by atoms with Crippen molar-refractivity contribution in [3.05, 3.63) is 56.6 Å². The number of Topliss-reactive ketones (excluding diaryl/α,β-unsaturated/α-hetero) is 1. The minimum atomic E-state index is 0.0371. The highest BCUT2D eigenvalue weighted by Crippen LogP contribution is 2.31. The van der Waals surface area contributed by atoms with Crippen LogP contribution < -0.4 is 4.74 Å². The zero-order chi connectivity index (χ0) is 19.7. The largest absolute Gasteiger partial charge is 0.484 e. The molecule has 3 aromatic heterocycles. The number of carbonyl (C=O) groups is 1. The van der Waals surface area contributed by atoms with E-state index in [-0.39, 0.29) is 12.4 Å². The fourth-order valence-electron chi connectivity index (χ4n) is 2.53. The molecule has 0 aliphatic heterocycles. The molecule has 0 aliphatic carbocycles. The molecule has 6 nitrogen and oxygen atoms in total. The van der Waals surface area contributed by atoms with Gasteiger partial charge in [0.2, 0.25) is 0 Å². The van der Waals surface area contributed by atoms with Crippen LogP contribution in [0.1, 0.15) is 28.2 Å². The van der Waals surface area contributed by atoms with Crippen LogP contribution in [0.5, 0.6) is 5.75 Å². The number of aryl methyl sites for hydroxylation is 1. The Balaban J connectivity index is 1.42. The van der Waals surface area contributed by atoms with Crippen molar-refractivity contribution in [1.29, 1.82) is 0 Å². The van der Waals surface area contributed by atoms with Crippen molar-refractivity contribution in [1.82, 2.24) is 15.2 Å². The predicted molar refractivity (Wildman–Crippen MR) is 112 cm³/mol. The van der Waals surface area contributed by atoms with Crippen molar-refractivity contribution in [3.8, 4) is 27.1 Å². The molecule has 0 amide bonds. The molecule has 142 valence electrons. The molecule has 0 N–H and O–H groups in total. The lowest BCUT2D eigenvalue weighted by atomic mass is 10.2. The normalized spacial score (nSPS) is 11.0. The molecule has 0 bridgehead atoms. The van der Waals surface area contributed by atoms with E-state index in [0.717, 1.165) is 24.9 Å². The molecular weight excluding hydrogens is 462 g/mol. The zero-order valence-corrected chi connectivity index (χ0v) is 18.2. The number of aromatic nitrogens is 3. The zero-order valence-electron chi connectivity index (χ0n) is 14.9. The van der Waals surface area contributed by atoms with Crippen LogP contribution >= 0.6 is 38.6 Å². The average Bonchev–Trinajstić information content (AvgIpc) is 3.40. The van der Waals surface area contributed by atoms with Crippen molar-refractivity contribution in [3.63, 3.8) is 0 Å². The number of rotatable bonds is 6. The van der Waals surface area contributed by atoms with E-state index in [0.29, 0.717) is 22.4 Å². The number of ether oxygens (including phenoxy) is 1. The molecule has 1 aromatic carbocycles. The number of hydrogen-bond acceptors (Lipinski definition) is 8. The van der Waals surface area contributed by atoms with Gasteiger partial charge < -0.3 is 9.15 Å². The lowest BCUT2D eigenvalue weighted by Gasteiger charge is -2.03. The number of ketones is 1. The maximum Gasteiger partial charge on any atom is 0.257 e. The highest BCUT2D eigenvalue weighted by molar-refractivity contribution is 9.11. The average molecular weight is 476 g/mol. The van der Waals surface area contributed by atoms with Gasteiger partial charge >= 0.3 is 0 Å². The van der Waals surface area contributed by atoms with Crippen molar-refractivity contribution in [2.45, 2.75) is 20.5 Å².